The molecule has 0 aromatic heterocycles. The van der Waals surface area contributed by atoms with E-state index in [0.29, 0.717) is 17.6 Å². The summed E-state index contributed by atoms with van der Waals surface area (Å²) in [4.78, 5) is 11.6. The summed E-state index contributed by atoms with van der Waals surface area (Å²) < 4.78 is 0. The van der Waals surface area contributed by atoms with Gasteiger partial charge >= 0.3 is 0 Å². The zero-order valence-corrected chi connectivity index (χ0v) is 7.25. The summed E-state index contributed by atoms with van der Waals surface area (Å²) in [7, 11) is 0. The second kappa shape index (κ2) is 2.56. The summed E-state index contributed by atoms with van der Waals surface area (Å²) in [6.45, 7) is 0. The molecule has 0 unspecified atom stereocenters. The molecule has 0 amide bonds. The quantitative estimate of drug-likeness (QED) is 0.536. The van der Waals surface area contributed by atoms with Gasteiger partial charge < -0.3 is 5.48 Å². The van der Waals surface area contributed by atoms with E-state index in [4.69, 9.17) is 0 Å². The molecule has 0 aromatic rings. The zero-order chi connectivity index (χ0) is 7.42. The third-order valence-corrected chi connectivity index (χ3v) is 3.94. The summed E-state index contributed by atoms with van der Waals surface area (Å²) in [5.41, 5.74) is 0. The molecule has 0 aliphatic heterocycles. The van der Waals surface area contributed by atoms with Gasteiger partial charge in [0.05, 0.1) is 0 Å². The maximum atomic E-state index is 11.6. The van der Waals surface area contributed by atoms with Crippen molar-refractivity contribution in [3.05, 3.63) is 0 Å². The Hall–Kier alpha value is -0.370. The molecule has 0 radical (unpaired) electrons. The molecule has 4 bridgehead atoms. The SMILES string of the molecule is O.O=C1C2CC3CC(C2)CC1C3. The van der Waals surface area contributed by atoms with Crippen LogP contribution in [0.5, 0.6) is 0 Å². The minimum Gasteiger partial charge on any atom is -0.412 e. The zero-order valence-electron chi connectivity index (χ0n) is 7.25. The van der Waals surface area contributed by atoms with E-state index in [2.05, 4.69) is 0 Å². The number of ketones is 1. The van der Waals surface area contributed by atoms with Gasteiger partial charge in [-0.25, -0.2) is 0 Å². The highest BCUT2D eigenvalue weighted by Crippen LogP contribution is 2.51. The van der Waals surface area contributed by atoms with Crippen molar-refractivity contribution >= 4 is 5.78 Å². The minimum absolute atomic E-state index is 0. The van der Waals surface area contributed by atoms with Crippen LogP contribution in [0.25, 0.3) is 0 Å². The third-order valence-electron chi connectivity index (χ3n) is 3.94. The summed E-state index contributed by atoms with van der Waals surface area (Å²) >= 11 is 0. The Morgan fingerprint density at radius 1 is 0.833 bits per heavy atom. The van der Waals surface area contributed by atoms with Crippen LogP contribution in [0.2, 0.25) is 0 Å². The van der Waals surface area contributed by atoms with Crippen LogP contribution in [0.1, 0.15) is 32.1 Å². The molecule has 0 spiro atoms. The van der Waals surface area contributed by atoms with Gasteiger partial charge in [0, 0.05) is 11.8 Å². The van der Waals surface area contributed by atoms with Gasteiger partial charge in [0.15, 0.2) is 0 Å². The number of carbonyl (C=O) groups is 1. The Morgan fingerprint density at radius 3 is 1.67 bits per heavy atom. The Balaban J connectivity index is 0.000000563. The smallest absolute Gasteiger partial charge is 0.139 e. The summed E-state index contributed by atoms with van der Waals surface area (Å²) in [6.07, 6.45) is 6.41. The third kappa shape index (κ3) is 0.939. The number of hydrogen-bond donors (Lipinski definition) is 0. The summed E-state index contributed by atoms with van der Waals surface area (Å²) in [5, 5.41) is 0. The molecule has 2 heteroatoms. The van der Waals surface area contributed by atoms with Crippen molar-refractivity contribution in [3.63, 3.8) is 0 Å². The Kier molecular flexibility index (Phi) is 1.76. The van der Waals surface area contributed by atoms with E-state index >= 15 is 0 Å². The predicted octanol–water partition coefficient (Wildman–Crippen LogP) is 1.19. The molecule has 0 aromatic carbocycles. The summed E-state index contributed by atoms with van der Waals surface area (Å²) in [6, 6.07) is 0. The van der Waals surface area contributed by atoms with Gasteiger partial charge in [0.2, 0.25) is 0 Å². The molecule has 12 heavy (non-hydrogen) atoms. The van der Waals surface area contributed by atoms with Crippen molar-refractivity contribution in [1.29, 1.82) is 0 Å². The van der Waals surface area contributed by atoms with Crippen molar-refractivity contribution in [2.75, 3.05) is 0 Å². The number of rotatable bonds is 0. The summed E-state index contributed by atoms with van der Waals surface area (Å²) in [5.74, 6) is 3.51. The second-order valence-corrected chi connectivity index (χ2v) is 4.71. The van der Waals surface area contributed by atoms with E-state index in [-0.39, 0.29) is 5.48 Å². The average Bonchev–Trinajstić information content (AvgIpc) is 1.98. The Labute approximate surface area is 72.6 Å². The van der Waals surface area contributed by atoms with Crippen molar-refractivity contribution in [3.8, 4) is 0 Å². The maximum absolute atomic E-state index is 11.6. The Morgan fingerprint density at radius 2 is 1.25 bits per heavy atom. The number of Topliss-reactive ketones (excluding diaryl/α,β-unsaturated/α-hetero) is 1. The van der Waals surface area contributed by atoms with Crippen LogP contribution in [-0.2, 0) is 4.79 Å². The van der Waals surface area contributed by atoms with Gasteiger partial charge in [-0.15, -0.1) is 0 Å². The molecule has 0 atom stereocenters. The topological polar surface area (TPSA) is 48.6 Å². The molecule has 4 fully saturated rings. The lowest BCUT2D eigenvalue weighted by molar-refractivity contribution is -0.139. The van der Waals surface area contributed by atoms with Gasteiger partial charge in [0.1, 0.15) is 5.78 Å². The van der Waals surface area contributed by atoms with Crippen molar-refractivity contribution < 1.29 is 10.3 Å². The van der Waals surface area contributed by atoms with Gasteiger partial charge in [0.25, 0.3) is 0 Å². The largest absolute Gasteiger partial charge is 0.412 e. The number of carbonyl (C=O) groups excluding carboxylic acids is 1. The molecule has 2 nitrogen and oxygen atoms in total. The van der Waals surface area contributed by atoms with E-state index in [0.717, 1.165) is 11.8 Å². The molecule has 4 aliphatic rings. The molecule has 0 saturated heterocycles. The first-order valence-electron chi connectivity index (χ1n) is 4.86. The highest BCUT2D eigenvalue weighted by molar-refractivity contribution is 5.85. The highest BCUT2D eigenvalue weighted by atomic mass is 16.1. The lowest BCUT2D eigenvalue weighted by atomic mass is 9.56. The second-order valence-electron chi connectivity index (χ2n) is 4.71. The lowest BCUT2D eigenvalue weighted by Crippen LogP contribution is -2.45. The fourth-order valence-electron chi connectivity index (χ4n) is 3.65. The van der Waals surface area contributed by atoms with E-state index in [9.17, 15) is 4.79 Å². The van der Waals surface area contributed by atoms with Gasteiger partial charge in [-0.1, -0.05) is 0 Å². The minimum atomic E-state index is 0. The monoisotopic (exact) mass is 168 g/mol. The molecule has 0 heterocycles. The normalized spacial score (nSPS) is 49.2. The molecule has 4 rings (SSSR count). The van der Waals surface area contributed by atoms with Crippen molar-refractivity contribution in [2.24, 2.45) is 23.7 Å². The standard InChI is InChI=1S/C10H14O.H2O/c11-10-8-2-6-1-7(4-8)5-9(10)3-6;/h6-9H,1-5H2;1H2. The van der Waals surface area contributed by atoms with Crippen molar-refractivity contribution in [1.82, 2.24) is 0 Å². The molecule has 4 aliphatic carbocycles. The van der Waals surface area contributed by atoms with E-state index in [1.165, 1.54) is 32.1 Å². The fraction of sp³-hybridized carbons (Fsp3) is 0.900. The van der Waals surface area contributed by atoms with Gasteiger partial charge in [-0.3, -0.25) is 4.79 Å². The van der Waals surface area contributed by atoms with E-state index in [1.54, 1.807) is 0 Å². The van der Waals surface area contributed by atoms with Crippen LogP contribution in [0.15, 0.2) is 0 Å². The van der Waals surface area contributed by atoms with Crippen LogP contribution in [-0.4, -0.2) is 11.3 Å². The maximum Gasteiger partial charge on any atom is 0.139 e. The van der Waals surface area contributed by atoms with Gasteiger partial charge in [-0.05, 0) is 43.9 Å². The van der Waals surface area contributed by atoms with Crippen LogP contribution in [0.3, 0.4) is 0 Å². The molecule has 68 valence electrons. The average molecular weight is 168 g/mol. The predicted molar refractivity (Wildman–Crippen MR) is 45.7 cm³/mol. The van der Waals surface area contributed by atoms with Crippen LogP contribution < -0.4 is 0 Å². The van der Waals surface area contributed by atoms with Crippen molar-refractivity contribution in [2.45, 2.75) is 32.1 Å². The van der Waals surface area contributed by atoms with E-state index < -0.39 is 0 Å². The van der Waals surface area contributed by atoms with Crippen LogP contribution in [0, 0.1) is 23.7 Å². The number of hydrogen-bond acceptors (Lipinski definition) is 1. The fourth-order valence-corrected chi connectivity index (χ4v) is 3.65. The lowest BCUT2D eigenvalue weighted by Gasteiger charge is -2.48. The first-order chi connectivity index (χ1) is 5.33. The van der Waals surface area contributed by atoms with E-state index in [1.807, 2.05) is 0 Å². The molecular weight excluding hydrogens is 152 g/mol. The van der Waals surface area contributed by atoms with Gasteiger partial charge in [-0.2, -0.15) is 0 Å². The molecular formula is C10H16O2. The first-order valence-corrected chi connectivity index (χ1v) is 4.86. The van der Waals surface area contributed by atoms with Crippen LogP contribution in [0.4, 0.5) is 0 Å². The first kappa shape index (κ1) is 8.24. The highest BCUT2D eigenvalue weighted by Gasteiger charge is 2.47. The Bertz CT molecular complexity index is 180. The molecule has 4 saturated carbocycles. The van der Waals surface area contributed by atoms with Crippen LogP contribution >= 0.6 is 0 Å². The molecule has 2 N–H and O–H groups in total.